The van der Waals surface area contributed by atoms with Gasteiger partial charge in [0.1, 0.15) is 0 Å². The maximum Gasteiger partial charge on any atom is 0.190 e. The number of hydrogen-bond acceptors (Lipinski definition) is 1. The molecule has 1 saturated carbocycles. The van der Waals surface area contributed by atoms with Crippen LogP contribution in [-0.4, -0.2) is 6.61 Å². The van der Waals surface area contributed by atoms with Crippen molar-refractivity contribution in [1.29, 1.82) is 0 Å². The highest BCUT2D eigenvalue weighted by Gasteiger charge is 2.24. The van der Waals surface area contributed by atoms with Crippen LogP contribution < -0.4 is 4.74 Å². The van der Waals surface area contributed by atoms with Crippen molar-refractivity contribution < 1.29 is 13.5 Å². The smallest absolute Gasteiger partial charge is 0.190 e. The monoisotopic (exact) mass is 352 g/mol. The number of unbranched alkanes of at least 4 members (excludes halogenated alkanes) is 4. The van der Waals surface area contributed by atoms with E-state index in [-0.39, 0.29) is 5.75 Å². The Bertz CT molecular complexity index is 484. The van der Waals surface area contributed by atoms with Crippen LogP contribution in [0.15, 0.2) is 12.1 Å². The van der Waals surface area contributed by atoms with Gasteiger partial charge in [-0.15, -0.1) is 0 Å². The van der Waals surface area contributed by atoms with Gasteiger partial charge in [0.2, 0.25) is 0 Å². The Hall–Kier alpha value is -1.12. The van der Waals surface area contributed by atoms with E-state index in [1.165, 1.54) is 50.7 Å². The first kappa shape index (κ1) is 20.2. The minimum Gasteiger partial charge on any atom is -0.488 e. The van der Waals surface area contributed by atoms with E-state index in [9.17, 15) is 8.78 Å². The summed E-state index contributed by atoms with van der Waals surface area (Å²) in [6.07, 6.45) is 12.6. The van der Waals surface area contributed by atoms with Gasteiger partial charge in [-0.2, -0.15) is 0 Å². The van der Waals surface area contributed by atoms with Crippen LogP contribution in [0.1, 0.15) is 96.0 Å². The second-order valence-electron chi connectivity index (χ2n) is 7.58. The highest BCUT2D eigenvalue weighted by atomic mass is 19.1. The third-order valence-electron chi connectivity index (χ3n) is 5.55. The summed E-state index contributed by atoms with van der Waals surface area (Å²) in [4.78, 5) is 0. The molecule has 1 aromatic carbocycles. The zero-order chi connectivity index (χ0) is 18.1. The van der Waals surface area contributed by atoms with Crippen molar-refractivity contribution in [3.8, 4) is 5.75 Å². The first-order valence-corrected chi connectivity index (χ1v) is 10.3. The van der Waals surface area contributed by atoms with E-state index in [2.05, 4.69) is 13.8 Å². The highest BCUT2D eigenvalue weighted by Crippen LogP contribution is 2.39. The van der Waals surface area contributed by atoms with Gasteiger partial charge < -0.3 is 4.74 Å². The van der Waals surface area contributed by atoms with Gasteiger partial charge in [0.25, 0.3) is 0 Å². The zero-order valence-electron chi connectivity index (χ0n) is 16.0. The molecule has 0 N–H and O–H groups in total. The number of rotatable bonds is 10. The Morgan fingerprint density at radius 1 is 0.880 bits per heavy atom. The molecule has 1 aliphatic rings. The number of benzene rings is 1. The number of ether oxygens (including phenoxy) is 1. The molecule has 1 aliphatic carbocycles. The van der Waals surface area contributed by atoms with Crippen molar-refractivity contribution in [1.82, 2.24) is 0 Å². The summed E-state index contributed by atoms with van der Waals surface area (Å²) in [6, 6.07) is 3.00. The fourth-order valence-corrected chi connectivity index (χ4v) is 3.95. The van der Waals surface area contributed by atoms with E-state index >= 15 is 0 Å². The molecule has 0 atom stereocenters. The molecule has 0 bridgehead atoms. The van der Waals surface area contributed by atoms with Crippen molar-refractivity contribution in [2.45, 2.75) is 90.4 Å². The molecule has 1 aromatic rings. The molecule has 0 amide bonds. The molecule has 142 valence electrons. The SMILES string of the molecule is CCCCCOc1c(F)cc([C@H]2CC[C@H](CCCCC)CC2)cc1F. The fraction of sp³-hybridized carbons (Fsp3) is 0.727. The van der Waals surface area contributed by atoms with E-state index in [4.69, 9.17) is 4.74 Å². The van der Waals surface area contributed by atoms with Gasteiger partial charge in [-0.25, -0.2) is 8.78 Å². The Labute approximate surface area is 152 Å². The van der Waals surface area contributed by atoms with Gasteiger partial charge in [-0.1, -0.05) is 52.4 Å². The molecular weight excluding hydrogens is 318 g/mol. The van der Waals surface area contributed by atoms with Gasteiger partial charge in [-0.3, -0.25) is 0 Å². The van der Waals surface area contributed by atoms with E-state index in [0.29, 0.717) is 12.5 Å². The third kappa shape index (κ3) is 6.27. The second kappa shape index (κ2) is 10.8. The second-order valence-corrected chi connectivity index (χ2v) is 7.58. The molecule has 1 fully saturated rings. The summed E-state index contributed by atoms with van der Waals surface area (Å²) in [6.45, 7) is 4.70. The molecule has 0 aliphatic heterocycles. The largest absolute Gasteiger partial charge is 0.488 e. The molecule has 0 saturated heterocycles. The molecule has 25 heavy (non-hydrogen) atoms. The van der Waals surface area contributed by atoms with Crippen molar-refractivity contribution in [3.63, 3.8) is 0 Å². The lowest BCUT2D eigenvalue weighted by Gasteiger charge is -2.29. The van der Waals surface area contributed by atoms with Crippen molar-refractivity contribution in [3.05, 3.63) is 29.3 Å². The summed E-state index contributed by atoms with van der Waals surface area (Å²) in [5, 5.41) is 0. The van der Waals surface area contributed by atoms with Crippen molar-refractivity contribution in [2.75, 3.05) is 6.61 Å². The quantitative estimate of drug-likeness (QED) is 0.399. The standard InChI is InChI=1S/C22H34F2O/c1-3-5-7-9-17-10-12-18(13-11-17)19-15-20(23)22(21(24)16-19)25-14-8-6-4-2/h15-18H,3-14H2,1-2H3/t17-,18-. The predicted molar refractivity (Wildman–Crippen MR) is 100 cm³/mol. The summed E-state index contributed by atoms with van der Waals surface area (Å²) < 4.78 is 33.9. The van der Waals surface area contributed by atoms with Crippen molar-refractivity contribution >= 4 is 0 Å². The van der Waals surface area contributed by atoms with E-state index in [1.807, 2.05) is 0 Å². The summed E-state index contributed by atoms with van der Waals surface area (Å²) >= 11 is 0. The van der Waals surface area contributed by atoms with Crippen LogP contribution in [0.5, 0.6) is 5.75 Å². The molecule has 0 heterocycles. The normalized spacial score (nSPS) is 20.6. The molecule has 3 heteroatoms. The molecule has 0 aromatic heterocycles. The lowest BCUT2D eigenvalue weighted by molar-refractivity contribution is 0.274. The van der Waals surface area contributed by atoms with Crippen LogP contribution in [0.3, 0.4) is 0 Å². The highest BCUT2D eigenvalue weighted by molar-refractivity contribution is 5.33. The molecule has 1 nitrogen and oxygen atoms in total. The van der Waals surface area contributed by atoms with Crippen LogP contribution >= 0.6 is 0 Å². The maximum absolute atomic E-state index is 14.3. The van der Waals surface area contributed by atoms with Crippen LogP contribution in [-0.2, 0) is 0 Å². The zero-order valence-corrected chi connectivity index (χ0v) is 16.0. The fourth-order valence-electron chi connectivity index (χ4n) is 3.95. The Kier molecular flexibility index (Phi) is 8.71. The maximum atomic E-state index is 14.3. The topological polar surface area (TPSA) is 9.23 Å². The Morgan fingerprint density at radius 3 is 2.08 bits per heavy atom. The minimum absolute atomic E-state index is 0.201. The Balaban J connectivity index is 1.88. The average molecular weight is 353 g/mol. The van der Waals surface area contributed by atoms with E-state index in [1.54, 1.807) is 0 Å². The van der Waals surface area contributed by atoms with Gasteiger partial charge in [-0.05, 0) is 61.6 Å². The summed E-state index contributed by atoms with van der Waals surface area (Å²) in [7, 11) is 0. The van der Waals surface area contributed by atoms with Crippen LogP contribution in [0.25, 0.3) is 0 Å². The first-order chi connectivity index (χ1) is 12.2. The lowest BCUT2D eigenvalue weighted by Crippen LogP contribution is -2.14. The van der Waals surface area contributed by atoms with Crippen LogP contribution in [0.4, 0.5) is 8.78 Å². The molecule has 0 spiro atoms. The summed E-state index contributed by atoms with van der Waals surface area (Å²) in [5.74, 6) is -0.194. The summed E-state index contributed by atoms with van der Waals surface area (Å²) in [5.41, 5.74) is 0.808. The third-order valence-corrected chi connectivity index (χ3v) is 5.55. The molecular formula is C22H34F2O. The molecule has 0 radical (unpaired) electrons. The van der Waals surface area contributed by atoms with Gasteiger partial charge in [0.15, 0.2) is 17.4 Å². The minimum atomic E-state index is -0.545. The van der Waals surface area contributed by atoms with Gasteiger partial charge >= 0.3 is 0 Å². The van der Waals surface area contributed by atoms with Crippen LogP contribution in [0, 0.1) is 17.6 Å². The first-order valence-electron chi connectivity index (χ1n) is 10.3. The van der Waals surface area contributed by atoms with Gasteiger partial charge in [0.05, 0.1) is 6.61 Å². The van der Waals surface area contributed by atoms with E-state index < -0.39 is 11.6 Å². The number of halogens is 2. The van der Waals surface area contributed by atoms with Crippen molar-refractivity contribution in [2.24, 2.45) is 5.92 Å². The predicted octanol–water partition coefficient (Wildman–Crippen LogP) is 7.39. The lowest BCUT2D eigenvalue weighted by atomic mass is 9.77. The molecule has 0 unspecified atom stereocenters. The van der Waals surface area contributed by atoms with Crippen LogP contribution in [0.2, 0.25) is 0 Å². The number of hydrogen-bond donors (Lipinski definition) is 0. The Morgan fingerprint density at radius 2 is 1.48 bits per heavy atom. The average Bonchev–Trinajstić information content (AvgIpc) is 2.61. The van der Waals surface area contributed by atoms with E-state index in [0.717, 1.165) is 43.6 Å². The van der Waals surface area contributed by atoms with Gasteiger partial charge in [0, 0.05) is 0 Å². The molecule has 2 rings (SSSR count).